The van der Waals surface area contributed by atoms with E-state index in [1.165, 1.54) is 0 Å². The zero-order chi connectivity index (χ0) is 14.2. The summed E-state index contributed by atoms with van der Waals surface area (Å²) in [6, 6.07) is 5.52. The van der Waals surface area contributed by atoms with Gasteiger partial charge >= 0.3 is 0 Å². The zero-order valence-electron chi connectivity index (χ0n) is 11.2. The maximum Gasteiger partial charge on any atom is 0.168 e. The molecule has 0 aromatic heterocycles. The van der Waals surface area contributed by atoms with Crippen molar-refractivity contribution in [3.05, 3.63) is 33.8 Å². The Bertz CT molecular complexity index is 488. The maximum atomic E-state index is 10.7. The van der Waals surface area contributed by atoms with Crippen molar-refractivity contribution in [1.29, 1.82) is 0 Å². The molecule has 110 valence electrons. The summed E-state index contributed by atoms with van der Waals surface area (Å²) in [6.07, 6.45) is 3.41. The van der Waals surface area contributed by atoms with Gasteiger partial charge in [0.15, 0.2) is 5.79 Å². The van der Waals surface area contributed by atoms with E-state index in [-0.39, 0.29) is 0 Å². The number of hydrogen-bond donors (Lipinski definition) is 1. The molecule has 0 bridgehead atoms. The molecule has 1 heterocycles. The molecule has 1 aromatic carbocycles. The van der Waals surface area contributed by atoms with E-state index in [0.29, 0.717) is 42.5 Å². The molecule has 0 unspecified atom stereocenters. The number of aliphatic hydroxyl groups is 1. The van der Waals surface area contributed by atoms with E-state index in [0.717, 1.165) is 18.4 Å². The molecule has 0 atom stereocenters. The van der Waals surface area contributed by atoms with Gasteiger partial charge in [-0.25, -0.2) is 0 Å². The van der Waals surface area contributed by atoms with Crippen LogP contribution in [0.4, 0.5) is 0 Å². The SMILES string of the molecule is OC1(Cc2ccc(Cl)c(Cl)c2)CCC2(CC1)OCCO2. The van der Waals surface area contributed by atoms with Crippen molar-refractivity contribution in [2.75, 3.05) is 13.2 Å². The quantitative estimate of drug-likeness (QED) is 0.906. The molecule has 1 N–H and O–H groups in total. The Morgan fingerprint density at radius 2 is 1.65 bits per heavy atom. The number of rotatable bonds is 2. The molecule has 1 aliphatic carbocycles. The summed E-state index contributed by atoms with van der Waals surface area (Å²) in [4.78, 5) is 0. The summed E-state index contributed by atoms with van der Waals surface area (Å²) in [7, 11) is 0. The van der Waals surface area contributed by atoms with Crippen LogP contribution in [0, 0.1) is 0 Å². The predicted molar refractivity (Wildman–Crippen MR) is 78.2 cm³/mol. The fraction of sp³-hybridized carbons (Fsp3) is 0.600. The van der Waals surface area contributed by atoms with Gasteiger partial charge in [-0.05, 0) is 30.5 Å². The smallest absolute Gasteiger partial charge is 0.168 e. The number of halogens is 2. The molecule has 1 aliphatic heterocycles. The van der Waals surface area contributed by atoms with Crippen LogP contribution in [0.15, 0.2) is 18.2 Å². The van der Waals surface area contributed by atoms with E-state index in [1.807, 2.05) is 12.1 Å². The van der Waals surface area contributed by atoms with Crippen molar-refractivity contribution in [2.24, 2.45) is 0 Å². The highest BCUT2D eigenvalue weighted by atomic mass is 35.5. The summed E-state index contributed by atoms with van der Waals surface area (Å²) < 4.78 is 11.4. The van der Waals surface area contributed by atoms with Crippen molar-refractivity contribution in [3.63, 3.8) is 0 Å². The summed E-state index contributed by atoms with van der Waals surface area (Å²) in [5.74, 6) is -0.441. The lowest BCUT2D eigenvalue weighted by Crippen LogP contribution is -2.44. The Hall–Kier alpha value is -0.320. The third-order valence-corrected chi connectivity index (χ3v) is 5.01. The fourth-order valence-corrected chi connectivity index (χ4v) is 3.41. The van der Waals surface area contributed by atoms with Crippen LogP contribution in [0.1, 0.15) is 31.2 Å². The third-order valence-electron chi connectivity index (χ3n) is 4.27. The number of ether oxygens (including phenoxy) is 2. The summed E-state index contributed by atoms with van der Waals surface area (Å²) in [5.41, 5.74) is 0.295. The average molecular weight is 317 g/mol. The molecule has 3 rings (SSSR count). The Morgan fingerprint density at radius 3 is 2.25 bits per heavy atom. The van der Waals surface area contributed by atoms with Crippen LogP contribution in [-0.4, -0.2) is 29.7 Å². The molecule has 3 nitrogen and oxygen atoms in total. The highest BCUT2D eigenvalue weighted by molar-refractivity contribution is 6.42. The first-order valence-electron chi connectivity index (χ1n) is 6.95. The van der Waals surface area contributed by atoms with Gasteiger partial charge in [-0.15, -0.1) is 0 Å². The third kappa shape index (κ3) is 2.97. The lowest BCUT2D eigenvalue weighted by molar-refractivity contribution is -0.202. The Balaban J connectivity index is 1.66. The molecular formula is C15H18Cl2O3. The molecule has 1 spiro atoms. The lowest BCUT2D eigenvalue weighted by atomic mass is 9.78. The first-order valence-corrected chi connectivity index (χ1v) is 7.70. The van der Waals surface area contributed by atoms with Crippen LogP contribution < -0.4 is 0 Å². The molecule has 20 heavy (non-hydrogen) atoms. The van der Waals surface area contributed by atoms with Gasteiger partial charge in [-0.1, -0.05) is 29.3 Å². The topological polar surface area (TPSA) is 38.7 Å². The zero-order valence-corrected chi connectivity index (χ0v) is 12.7. The second-order valence-corrected chi connectivity index (χ2v) is 6.57. The van der Waals surface area contributed by atoms with E-state index >= 15 is 0 Å². The number of benzene rings is 1. The summed E-state index contributed by atoms with van der Waals surface area (Å²) in [6.45, 7) is 1.32. The Morgan fingerprint density at radius 1 is 1.00 bits per heavy atom. The Kier molecular flexibility index (Phi) is 3.99. The standard InChI is InChI=1S/C15H18Cl2O3/c16-12-2-1-11(9-13(12)17)10-14(18)3-5-15(6-4-14)19-7-8-20-15/h1-2,9,18H,3-8,10H2. The first kappa shape index (κ1) is 14.6. The minimum Gasteiger partial charge on any atom is -0.390 e. The normalized spacial score (nSPS) is 24.1. The van der Waals surface area contributed by atoms with E-state index in [2.05, 4.69) is 0 Å². The second kappa shape index (κ2) is 5.47. The molecular weight excluding hydrogens is 299 g/mol. The lowest BCUT2D eigenvalue weighted by Gasteiger charge is -2.40. The van der Waals surface area contributed by atoms with Crippen LogP contribution in [0.25, 0.3) is 0 Å². The molecule has 5 heteroatoms. The van der Waals surface area contributed by atoms with Gasteiger partial charge in [0.05, 0.1) is 28.9 Å². The van der Waals surface area contributed by atoms with Gasteiger partial charge in [-0.2, -0.15) is 0 Å². The van der Waals surface area contributed by atoms with Crippen molar-refractivity contribution >= 4 is 23.2 Å². The molecule has 0 radical (unpaired) electrons. The molecule has 1 saturated heterocycles. The van der Waals surface area contributed by atoms with E-state index < -0.39 is 11.4 Å². The van der Waals surface area contributed by atoms with Crippen molar-refractivity contribution < 1.29 is 14.6 Å². The van der Waals surface area contributed by atoms with Gasteiger partial charge in [0.2, 0.25) is 0 Å². The van der Waals surface area contributed by atoms with Gasteiger partial charge in [0, 0.05) is 19.3 Å². The summed E-state index contributed by atoms with van der Waals surface area (Å²) in [5, 5.41) is 11.8. The van der Waals surface area contributed by atoms with Crippen LogP contribution in [-0.2, 0) is 15.9 Å². The molecule has 0 amide bonds. The van der Waals surface area contributed by atoms with Crippen molar-refractivity contribution in [1.82, 2.24) is 0 Å². The molecule has 2 aliphatic rings. The van der Waals surface area contributed by atoms with Crippen molar-refractivity contribution in [2.45, 2.75) is 43.5 Å². The fourth-order valence-electron chi connectivity index (χ4n) is 3.09. The highest BCUT2D eigenvalue weighted by Crippen LogP contribution is 2.41. The molecule has 1 aromatic rings. The van der Waals surface area contributed by atoms with Crippen LogP contribution in [0.5, 0.6) is 0 Å². The highest BCUT2D eigenvalue weighted by Gasteiger charge is 2.45. The van der Waals surface area contributed by atoms with Crippen LogP contribution in [0.2, 0.25) is 10.0 Å². The first-order chi connectivity index (χ1) is 9.50. The van der Waals surface area contributed by atoms with Crippen molar-refractivity contribution in [3.8, 4) is 0 Å². The van der Waals surface area contributed by atoms with Crippen LogP contribution in [0.3, 0.4) is 0 Å². The van der Waals surface area contributed by atoms with Gasteiger partial charge in [0.1, 0.15) is 0 Å². The summed E-state index contributed by atoms with van der Waals surface area (Å²) >= 11 is 11.9. The van der Waals surface area contributed by atoms with Crippen LogP contribution >= 0.6 is 23.2 Å². The van der Waals surface area contributed by atoms with E-state index in [9.17, 15) is 5.11 Å². The molecule has 1 saturated carbocycles. The van der Waals surface area contributed by atoms with E-state index in [4.69, 9.17) is 32.7 Å². The van der Waals surface area contributed by atoms with Gasteiger partial charge in [0.25, 0.3) is 0 Å². The Labute approximate surface area is 128 Å². The number of hydrogen-bond acceptors (Lipinski definition) is 3. The average Bonchev–Trinajstić information content (AvgIpc) is 2.87. The second-order valence-electron chi connectivity index (χ2n) is 5.76. The predicted octanol–water partition coefficient (Wildman–Crippen LogP) is 3.58. The van der Waals surface area contributed by atoms with Gasteiger partial charge in [-0.3, -0.25) is 0 Å². The maximum absolute atomic E-state index is 10.7. The minimum atomic E-state index is -0.711. The van der Waals surface area contributed by atoms with Gasteiger partial charge < -0.3 is 14.6 Å². The monoisotopic (exact) mass is 316 g/mol. The van der Waals surface area contributed by atoms with E-state index in [1.54, 1.807) is 6.07 Å². The molecule has 2 fully saturated rings. The minimum absolute atomic E-state index is 0.441. The largest absolute Gasteiger partial charge is 0.390 e.